The Labute approximate surface area is 88.1 Å². The van der Waals surface area contributed by atoms with Crippen LogP contribution in [0.4, 0.5) is 8.78 Å². The number of halogens is 2. The lowest BCUT2D eigenvalue weighted by Gasteiger charge is -2.00. The predicted octanol–water partition coefficient (Wildman–Crippen LogP) is 2.32. The van der Waals surface area contributed by atoms with Crippen molar-refractivity contribution in [3.8, 4) is 11.1 Å². The highest BCUT2D eigenvalue weighted by atomic mass is 19.1. The lowest BCUT2D eigenvalue weighted by Crippen LogP contribution is -1.99. The van der Waals surface area contributed by atoms with Crippen LogP contribution in [0.5, 0.6) is 0 Å². The van der Waals surface area contributed by atoms with E-state index in [-0.39, 0.29) is 11.1 Å². The van der Waals surface area contributed by atoms with Crippen molar-refractivity contribution in [2.75, 3.05) is 0 Å². The topological polar surface area (TPSA) is 63.3 Å². The van der Waals surface area contributed by atoms with Crippen LogP contribution in [0.25, 0.3) is 11.1 Å². The Balaban J connectivity index is 2.59. The minimum absolute atomic E-state index is 0.0231. The first-order valence-electron chi connectivity index (χ1n) is 4.22. The van der Waals surface area contributed by atoms with Gasteiger partial charge in [0, 0.05) is 11.6 Å². The summed E-state index contributed by atoms with van der Waals surface area (Å²) in [6, 6.07) is 2.81. The monoisotopic (exact) mass is 225 g/mol. The standard InChI is InChI=1S/C10H5F2NO3/c11-5-1-2-6(8(12)3-5)7-4-16-13-9(7)10(14)15/h1-4H,(H,14,15). The molecule has 2 aromatic rings. The molecule has 1 aromatic heterocycles. The van der Waals surface area contributed by atoms with Gasteiger partial charge in [0.1, 0.15) is 17.9 Å². The Kier molecular flexibility index (Phi) is 2.40. The van der Waals surface area contributed by atoms with Gasteiger partial charge < -0.3 is 9.63 Å². The summed E-state index contributed by atoms with van der Waals surface area (Å²) in [5, 5.41) is 12.0. The molecule has 0 bridgehead atoms. The van der Waals surface area contributed by atoms with E-state index in [1.54, 1.807) is 0 Å². The first kappa shape index (κ1) is 10.3. The lowest BCUT2D eigenvalue weighted by atomic mass is 10.1. The molecule has 0 aliphatic rings. The summed E-state index contributed by atoms with van der Waals surface area (Å²) in [6.45, 7) is 0. The molecule has 1 heterocycles. The van der Waals surface area contributed by atoms with Crippen molar-refractivity contribution in [2.45, 2.75) is 0 Å². The second-order valence-electron chi connectivity index (χ2n) is 3.01. The Bertz CT molecular complexity index is 551. The van der Waals surface area contributed by atoms with Crippen molar-refractivity contribution in [2.24, 2.45) is 0 Å². The maximum atomic E-state index is 13.4. The second-order valence-corrected chi connectivity index (χ2v) is 3.01. The van der Waals surface area contributed by atoms with Gasteiger partial charge in [0.15, 0.2) is 5.69 Å². The summed E-state index contributed by atoms with van der Waals surface area (Å²) >= 11 is 0. The van der Waals surface area contributed by atoms with Crippen LogP contribution in [-0.4, -0.2) is 16.2 Å². The van der Waals surface area contributed by atoms with Crippen molar-refractivity contribution in [1.29, 1.82) is 0 Å². The van der Waals surface area contributed by atoms with E-state index in [9.17, 15) is 13.6 Å². The van der Waals surface area contributed by atoms with Gasteiger partial charge in [0.25, 0.3) is 0 Å². The van der Waals surface area contributed by atoms with Crippen LogP contribution in [0.2, 0.25) is 0 Å². The molecule has 4 nitrogen and oxygen atoms in total. The number of hydrogen-bond donors (Lipinski definition) is 1. The van der Waals surface area contributed by atoms with Crippen molar-refractivity contribution in [1.82, 2.24) is 5.16 Å². The Hall–Kier alpha value is -2.24. The van der Waals surface area contributed by atoms with Gasteiger partial charge in [-0.05, 0) is 12.1 Å². The number of benzene rings is 1. The Morgan fingerprint density at radius 3 is 2.69 bits per heavy atom. The average Bonchev–Trinajstić information content (AvgIpc) is 2.66. The number of aromatic carboxylic acids is 1. The highest BCUT2D eigenvalue weighted by Crippen LogP contribution is 2.26. The number of carboxylic acid groups (broad SMARTS) is 1. The number of nitrogens with zero attached hydrogens (tertiary/aromatic N) is 1. The van der Waals surface area contributed by atoms with Gasteiger partial charge in [-0.2, -0.15) is 0 Å². The number of rotatable bonds is 2. The van der Waals surface area contributed by atoms with Gasteiger partial charge in [-0.1, -0.05) is 5.16 Å². The van der Waals surface area contributed by atoms with Crippen molar-refractivity contribution in [3.05, 3.63) is 41.8 Å². The minimum atomic E-state index is -1.34. The molecular formula is C10H5F2NO3. The molecule has 0 radical (unpaired) electrons. The van der Waals surface area contributed by atoms with E-state index >= 15 is 0 Å². The molecule has 0 spiro atoms. The third kappa shape index (κ3) is 1.65. The van der Waals surface area contributed by atoms with E-state index < -0.39 is 23.3 Å². The molecule has 16 heavy (non-hydrogen) atoms. The minimum Gasteiger partial charge on any atom is -0.476 e. The second kappa shape index (κ2) is 3.73. The molecule has 0 unspecified atom stereocenters. The fourth-order valence-electron chi connectivity index (χ4n) is 1.29. The molecular weight excluding hydrogens is 220 g/mol. The fourth-order valence-corrected chi connectivity index (χ4v) is 1.29. The number of carboxylic acids is 1. The first-order chi connectivity index (χ1) is 7.59. The zero-order chi connectivity index (χ0) is 11.7. The maximum absolute atomic E-state index is 13.4. The summed E-state index contributed by atoms with van der Waals surface area (Å²) in [6.07, 6.45) is 1.000. The smallest absolute Gasteiger partial charge is 0.358 e. The molecule has 82 valence electrons. The quantitative estimate of drug-likeness (QED) is 0.851. The van der Waals surface area contributed by atoms with E-state index in [2.05, 4.69) is 9.68 Å². The zero-order valence-electron chi connectivity index (χ0n) is 7.78. The molecule has 0 aliphatic carbocycles. The summed E-state index contributed by atoms with van der Waals surface area (Å²) in [5.74, 6) is -2.95. The van der Waals surface area contributed by atoms with E-state index in [1.165, 1.54) is 0 Å². The maximum Gasteiger partial charge on any atom is 0.358 e. The van der Waals surface area contributed by atoms with Crippen LogP contribution < -0.4 is 0 Å². The molecule has 0 fully saturated rings. The summed E-state index contributed by atoms with van der Waals surface area (Å²) < 4.78 is 30.5. The highest BCUT2D eigenvalue weighted by Gasteiger charge is 2.19. The molecule has 0 amide bonds. The SMILES string of the molecule is O=C(O)c1nocc1-c1ccc(F)cc1F. The van der Waals surface area contributed by atoms with E-state index in [1.807, 2.05) is 0 Å². The molecule has 6 heteroatoms. The van der Waals surface area contributed by atoms with Crippen LogP contribution in [0, 0.1) is 11.6 Å². The van der Waals surface area contributed by atoms with Gasteiger partial charge in [-0.25, -0.2) is 13.6 Å². The predicted molar refractivity (Wildman–Crippen MR) is 48.8 cm³/mol. The van der Waals surface area contributed by atoms with Crippen LogP contribution in [0.1, 0.15) is 10.5 Å². The molecule has 0 aliphatic heterocycles. The van der Waals surface area contributed by atoms with Crippen LogP contribution in [0.3, 0.4) is 0 Å². The average molecular weight is 225 g/mol. The van der Waals surface area contributed by atoms with E-state index in [4.69, 9.17) is 5.11 Å². The van der Waals surface area contributed by atoms with Gasteiger partial charge in [0.05, 0.1) is 5.56 Å². The van der Waals surface area contributed by atoms with Gasteiger partial charge in [-0.15, -0.1) is 0 Å². The number of carbonyl (C=O) groups is 1. The van der Waals surface area contributed by atoms with Crippen LogP contribution in [-0.2, 0) is 0 Å². The summed E-state index contributed by atoms with van der Waals surface area (Å²) in [4.78, 5) is 10.7. The summed E-state index contributed by atoms with van der Waals surface area (Å²) in [5.41, 5.74) is -0.504. The van der Waals surface area contributed by atoms with Gasteiger partial charge >= 0.3 is 5.97 Å². The third-order valence-corrected chi connectivity index (χ3v) is 1.99. The normalized spacial score (nSPS) is 10.4. The number of hydrogen-bond acceptors (Lipinski definition) is 3. The number of aromatic nitrogens is 1. The Morgan fingerprint density at radius 2 is 2.06 bits per heavy atom. The van der Waals surface area contributed by atoms with Gasteiger partial charge in [0.2, 0.25) is 0 Å². The largest absolute Gasteiger partial charge is 0.476 e. The Morgan fingerprint density at radius 1 is 1.31 bits per heavy atom. The molecule has 2 rings (SSSR count). The highest BCUT2D eigenvalue weighted by molar-refractivity contribution is 5.93. The van der Waals surface area contributed by atoms with Gasteiger partial charge in [-0.3, -0.25) is 0 Å². The zero-order valence-corrected chi connectivity index (χ0v) is 7.78. The van der Waals surface area contributed by atoms with Crippen LogP contribution >= 0.6 is 0 Å². The van der Waals surface area contributed by atoms with Crippen molar-refractivity contribution in [3.63, 3.8) is 0 Å². The molecule has 1 N–H and O–H groups in total. The molecule has 0 saturated heterocycles. The molecule has 0 atom stereocenters. The third-order valence-electron chi connectivity index (χ3n) is 1.99. The molecule has 1 aromatic carbocycles. The van der Waals surface area contributed by atoms with Crippen LogP contribution in [0.15, 0.2) is 29.0 Å². The summed E-state index contributed by atoms with van der Waals surface area (Å²) in [7, 11) is 0. The first-order valence-corrected chi connectivity index (χ1v) is 4.22. The van der Waals surface area contributed by atoms with E-state index in [0.717, 1.165) is 18.4 Å². The van der Waals surface area contributed by atoms with Crippen molar-refractivity contribution < 1.29 is 23.2 Å². The van der Waals surface area contributed by atoms with E-state index in [0.29, 0.717) is 6.07 Å². The fraction of sp³-hybridized carbons (Fsp3) is 0. The van der Waals surface area contributed by atoms with Crippen molar-refractivity contribution >= 4 is 5.97 Å². The molecule has 0 saturated carbocycles. The lowest BCUT2D eigenvalue weighted by molar-refractivity contribution is 0.0686.